The van der Waals surface area contributed by atoms with Crippen molar-refractivity contribution in [1.29, 1.82) is 0 Å². The molecule has 16 nitrogen and oxygen atoms in total. The first-order valence-electron chi connectivity index (χ1n) is 20.0. The van der Waals surface area contributed by atoms with Gasteiger partial charge in [0.05, 0.1) is 28.7 Å². The van der Waals surface area contributed by atoms with E-state index in [2.05, 4.69) is 34.7 Å². The van der Waals surface area contributed by atoms with Gasteiger partial charge in [-0.25, -0.2) is 9.97 Å². The number of piperidine rings is 4. The Labute approximate surface area is 334 Å². The van der Waals surface area contributed by atoms with Crippen LogP contribution in [0.15, 0.2) is 30.5 Å². The van der Waals surface area contributed by atoms with Crippen LogP contribution in [0.4, 0.5) is 11.5 Å². The summed E-state index contributed by atoms with van der Waals surface area (Å²) in [5, 5.41) is 5.57. The van der Waals surface area contributed by atoms with Crippen LogP contribution in [0.2, 0.25) is 0 Å². The number of carbonyl (C=O) groups excluding carboxylic acids is 6. The van der Waals surface area contributed by atoms with E-state index in [-0.39, 0.29) is 42.0 Å². The second kappa shape index (κ2) is 16.3. The Balaban J connectivity index is 0.789. The van der Waals surface area contributed by atoms with Crippen molar-refractivity contribution in [2.75, 3.05) is 55.6 Å². The first-order valence-corrected chi connectivity index (χ1v) is 20.7. The van der Waals surface area contributed by atoms with Crippen molar-refractivity contribution in [2.24, 2.45) is 17.6 Å². The maximum absolute atomic E-state index is 13.5. The molecule has 4 saturated heterocycles. The Morgan fingerprint density at radius 1 is 0.930 bits per heavy atom. The van der Waals surface area contributed by atoms with Crippen molar-refractivity contribution < 1.29 is 28.8 Å². The van der Waals surface area contributed by atoms with Gasteiger partial charge in [0.1, 0.15) is 17.6 Å². The minimum absolute atomic E-state index is 0.00627. The topological polar surface area (TPSA) is 204 Å². The first kappa shape index (κ1) is 38.6. The van der Waals surface area contributed by atoms with E-state index in [1.807, 2.05) is 19.1 Å². The van der Waals surface area contributed by atoms with E-state index in [9.17, 15) is 28.8 Å². The summed E-state index contributed by atoms with van der Waals surface area (Å²) in [5.74, 6) is -1.33. The third-order valence-electron chi connectivity index (χ3n) is 12.1. The highest BCUT2D eigenvalue weighted by molar-refractivity contribution is 7.05. The summed E-state index contributed by atoms with van der Waals surface area (Å²) in [4.78, 5) is 94.2. The summed E-state index contributed by atoms with van der Waals surface area (Å²) in [5.41, 5.74) is 8.71. The van der Waals surface area contributed by atoms with Crippen LogP contribution in [-0.4, -0.2) is 117 Å². The van der Waals surface area contributed by atoms with E-state index >= 15 is 0 Å². The molecule has 17 heteroatoms. The van der Waals surface area contributed by atoms with Gasteiger partial charge in [-0.05, 0) is 107 Å². The van der Waals surface area contributed by atoms with Crippen molar-refractivity contribution in [3.63, 3.8) is 0 Å². The highest BCUT2D eigenvalue weighted by Crippen LogP contribution is 2.33. The molecule has 7 heterocycles. The van der Waals surface area contributed by atoms with Crippen LogP contribution in [-0.2, 0) is 20.8 Å². The molecule has 5 aliphatic rings. The van der Waals surface area contributed by atoms with Gasteiger partial charge < -0.3 is 25.8 Å². The Kier molecular flexibility index (Phi) is 11.0. The highest BCUT2D eigenvalue weighted by atomic mass is 32.1. The van der Waals surface area contributed by atoms with Crippen molar-refractivity contribution >= 4 is 58.5 Å². The van der Waals surface area contributed by atoms with Gasteiger partial charge in [0, 0.05) is 68.1 Å². The maximum Gasteiger partial charge on any atom is 0.269 e. The lowest BCUT2D eigenvalue weighted by molar-refractivity contribution is -0.136. The summed E-state index contributed by atoms with van der Waals surface area (Å²) >= 11 is 1.37. The van der Waals surface area contributed by atoms with E-state index in [0.29, 0.717) is 36.0 Å². The van der Waals surface area contributed by atoms with Crippen molar-refractivity contribution in [3.8, 4) is 0 Å². The maximum atomic E-state index is 13.5. The lowest BCUT2D eigenvalue weighted by atomic mass is 9.91. The number of primary amides is 1. The molecule has 300 valence electrons. The molecule has 1 unspecified atom stereocenters. The molecule has 4 fully saturated rings. The largest absolute Gasteiger partial charge is 0.371 e. The van der Waals surface area contributed by atoms with Gasteiger partial charge in [-0.1, -0.05) is 0 Å². The molecule has 1 aromatic carbocycles. The van der Waals surface area contributed by atoms with Gasteiger partial charge in [-0.2, -0.15) is 4.37 Å². The fourth-order valence-corrected chi connectivity index (χ4v) is 9.70. The number of anilines is 2. The number of benzene rings is 1. The number of nitrogens with one attached hydrogen (secondary N) is 2. The highest BCUT2D eigenvalue weighted by Gasteiger charge is 2.45. The molecule has 0 spiro atoms. The third-order valence-corrected chi connectivity index (χ3v) is 12.9. The minimum atomic E-state index is -0.979. The van der Waals surface area contributed by atoms with Crippen LogP contribution in [0.5, 0.6) is 0 Å². The van der Waals surface area contributed by atoms with Crippen molar-refractivity contribution in [2.45, 2.75) is 76.8 Å². The number of hydrogen-bond donors (Lipinski definition) is 3. The van der Waals surface area contributed by atoms with Crippen LogP contribution in [0.1, 0.15) is 98.8 Å². The van der Waals surface area contributed by atoms with Gasteiger partial charge in [0.2, 0.25) is 17.7 Å². The molecular formula is C40H48N10O6S. The molecule has 57 heavy (non-hydrogen) atoms. The summed E-state index contributed by atoms with van der Waals surface area (Å²) in [6, 6.07) is 6.30. The molecule has 0 aliphatic carbocycles. The Morgan fingerprint density at radius 2 is 1.70 bits per heavy atom. The smallest absolute Gasteiger partial charge is 0.269 e. The van der Waals surface area contributed by atoms with Gasteiger partial charge in [-0.3, -0.25) is 39.0 Å². The average molecular weight is 797 g/mol. The number of aromatic nitrogens is 3. The zero-order chi connectivity index (χ0) is 39.8. The molecule has 2 atom stereocenters. The average Bonchev–Trinajstić information content (AvgIpc) is 3.73. The second-order valence-corrected chi connectivity index (χ2v) is 16.9. The molecule has 5 aliphatic heterocycles. The van der Waals surface area contributed by atoms with Crippen LogP contribution in [0.25, 0.3) is 0 Å². The van der Waals surface area contributed by atoms with Crippen molar-refractivity contribution in [1.82, 2.24) is 34.8 Å². The Bertz CT molecular complexity index is 2090. The van der Waals surface area contributed by atoms with Crippen LogP contribution < -0.4 is 26.2 Å². The molecule has 6 amide bonds. The number of amides is 6. The molecular weight excluding hydrogens is 749 g/mol. The van der Waals surface area contributed by atoms with Crippen molar-refractivity contribution in [3.05, 3.63) is 63.5 Å². The Morgan fingerprint density at radius 3 is 2.42 bits per heavy atom. The van der Waals surface area contributed by atoms with E-state index < -0.39 is 35.6 Å². The fourth-order valence-electron chi connectivity index (χ4n) is 8.96. The zero-order valence-electron chi connectivity index (χ0n) is 32.1. The number of carbonyl (C=O) groups is 6. The van der Waals surface area contributed by atoms with E-state index in [0.717, 1.165) is 99.0 Å². The van der Waals surface area contributed by atoms with Gasteiger partial charge in [0.15, 0.2) is 0 Å². The number of hydrogen-bond acceptors (Lipinski definition) is 13. The number of nitrogens with zero attached hydrogens (tertiary/aromatic N) is 7. The predicted molar refractivity (Wildman–Crippen MR) is 211 cm³/mol. The van der Waals surface area contributed by atoms with Crippen LogP contribution in [0, 0.1) is 18.8 Å². The number of aryl methyl sites for hydroxylation is 1. The lowest BCUT2D eigenvalue weighted by Crippen LogP contribution is -2.54. The van der Waals surface area contributed by atoms with Crippen LogP contribution in [0.3, 0.4) is 0 Å². The van der Waals surface area contributed by atoms with E-state index in [1.54, 1.807) is 18.3 Å². The summed E-state index contributed by atoms with van der Waals surface area (Å²) in [6.07, 6.45) is 7.66. The standard InChI is InChI=1S/C40H48N10O6S/c1-23-17-28(57-46-23)19-31-35(36(41)52)42-20-33(44-31)49-12-2-3-26(22-49)43-37(53)25-10-13-47(14-11-25)21-24-8-15-48(16-9-24)27-4-5-29-30(18-27)40(56)50(39(29)55)32-6-7-34(51)45-38(32)54/h4-5,17-18,20,24-26,32H,2-3,6-16,19,21-22H2,1H3,(H2,41,52)(H,43,53)(H,45,51,54)/t26-,32?/m1/s1. The third kappa shape index (κ3) is 8.26. The fraction of sp³-hybridized carbons (Fsp3) is 0.525. The zero-order valence-corrected chi connectivity index (χ0v) is 32.9. The van der Waals surface area contributed by atoms with Gasteiger partial charge in [-0.15, -0.1) is 0 Å². The van der Waals surface area contributed by atoms with E-state index in [4.69, 9.17) is 10.7 Å². The number of likely N-dealkylation sites (tertiary alicyclic amines) is 1. The van der Waals surface area contributed by atoms with Crippen LogP contribution >= 0.6 is 11.5 Å². The molecule has 4 N–H and O–H groups in total. The first-order chi connectivity index (χ1) is 27.5. The summed E-state index contributed by atoms with van der Waals surface area (Å²) in [7, 11) is 0. The summed E-state index contributed by atoms with van der Waals surface area (Å²) in [6.45, 7) is 7.72. The monoisotopic (exact) mass is 796 g/mol. The lowest BCUT2D eigenvalue weighted by Gasteiger charge is -2.39. The molecule has 8 rings (SSSR count). The molecule has 2 aromatic heterocycles. The van der Waals surface area contributed by atoms with Gasteiger partial charge in [0.25, 0.3) is 17.7 Å². The predicted octanol–water partition coefficient (Wildman–Crippen LogP) is 2.05. The number of fused-ring (bicyclic) bond motifs is 1. The molecule has 3 aromatic rings. The quantitative estimate of drug-likeness (QED) is 0.253. The summed E-state index contributed by atoms with van der Waals surface area (Å²) < 4.78 is 4.34. The molecule has 0 bridgehead atoms. The number of rotatable bonds is 10. The molecule has 0 radical (unpaired) electrons. The molecule has 0 saturated carbocycles. The minimum Gasteiger partial charge on any atom is -0.371 e. The van der Waals surface area contributed by atoms with E-state index in [1.165, 1.54) is 11.5 Å². The number of nitrogens with two attached hydrogens (primary N) is 1. The second-order valence-electron chi connectivity index (χ2n) is 16.0. The Hall–Kier alpha value is -5.29. The van der Waals surface area contributed by atoms with Gasteiger partial charge >= 0.3 is 0 Å². The normalized spacial score (nSPS) is 22.5. The number of imide groups is 2. The SMILES string of the molecule is Cc1cc(Cc2nc(N3CCC[C@@H](NC(=O)C4CCN(CC5CCN(c6ccc7c(c6)C(=O)N(C6CCC(=O)NC6=O)C7=O)CC5)CC4)C3)cnc2C(N)=O)sn1.